The van der Waals surface area contributed by atoms with Gasteiger partial charge in [0, 0.05) is 12.6 Å². The first-order valence-corrected chi connectivity index (χ1v) is 7.03. The van der Waals surface area contributed by atoms with Crippen molar-refractivity contribution in [1.82, 2.24) is 10.2 Å². The molecular formula is C14H30N2. The Labute approximate surface area is 102 Å². The number of nitrogens with zero attached hydrogens (tertiary/aromatic N) is 1. The third kappa shape index (κ3) is 4.84. The molecule has 0 aromatic rings. The second-order valence-corrected chi connectivity index (χ2v) is 6.02. The lowest BCUT2D eigenvalue weighted by atomic mass is 9.82. The maximum absolute atomic E-state index is 3.65. The van der Waals surface area contributed by atoms with Gasteiger partial charge in [-0.2, -0.15) is 0 Å². The summed E-state index contributed by atoms with van der Waals surface area (Å²) in [5, 5.41) is 3.65. The van der Waals surface area contributed by atoms with E-state index in [0.29, 0.717) is 11.5 Å². The van der Waals surface area contributed by atoms with Gasteiger partial charge in [0.2, 0.25) is 0 Å². The molecule has 16 heavy (non-hydrogen) atoms. The van der Waals surface area contributed by atoms with Crippen molar-refractivity contribution in [1.29, 1.82) is 0 Å². The molecule has 1 fully saturated rings. The summed E-state index contributed by atoms with van der Waals surface area (Å²) in [6.45, 7) is 14.3. The number of rotatable bonds is 6. The molecule has 1 N–H and O–H groups in total. The van der Waals surface area contributed by atoms with Crippen LogP contribution in [0, 0.1) is 5.41 Å². The van der Waals surface area contributed by atoms with Crippen molar-refractivity contribution in [3.63, 3.8) is 0 Å². The number of hydrogen-bond acceptors (Lipinski definition) is 2. The molecule has 1 unspecified atom stereocenters. The Morgan fingerprint density at radius 3 is 2.31 bits per heavy atom. The van der Waals surface area contributed by atoms with Crippen LogP contribution in [0.5, 0.6) is 0 Å². The minimum absolute atomic E-state index is 0.578. The Bertz CT molecular complexity index is 179. The standard InChI is InChI=1S/C14H30N2/c1-5-9-15-13(6-2)12-16-10-7-14(3,4)8-11-16/h13,15H,5-12H2,1-4H3. The molecule has 1 saturated heterocycles. The third-order valence-electron chi connectivity index (χ3n) is 3.86. The SMILES string of the molecule is CCCNC(CC)CN1CCC(C)(C)CC1. The first-order chi connectivity index (χ1) is 7.57. The highest BCUT2D eigenvalue weighted by molar-refractivity contribution is 4.81. The van der Waals surface area contributed by atoms with Gasteiger partial charge in [0.15, 0.2) is 0 Å². The minimum Gasteiger partial charge on any atom is -0.313 e. The van der Waals surface area contributed by atoms with Crippen molar-refractivity contribution >= 4 is 0 Å². The molecule has 1 atom stereocenters. The van der Waals surface area contributed by atoms with Gasteiger partial charge in [-0.1, -0.05) is 27.7 Å². The van der Waals surface area contributed by atoms with E-state index in [9.17, 15) is 0 Å². The summed E-state index contributed by atoms with van der Waals surface area (Å²) in [4.78, 5) is 2.64. The van der Waals surface area contributed by atoms with E-state index in [1.807, 2.05) is 0 Å². The molecule has 1 aliphatic heterocycles. The summed E-state index contributed by atoms with van der Waals surface area (Å²) in [6, 6.07) is 0.696. The van der Waals surface area contributed by atoms with E-state index in [-0.39, 0.29) is 0 Å². The van der Waals surface area contributed by atoms with E-state index >= 15 is 0 Å². The van der Waals surface area contributed by atoms with Gasteiger partial charge in [0.1, 0.15) is 0 Å². The number of nitrogens with one attached hydrogen (secondary N) is 1. The zero-order valence-corrected chi connectivity index (χ0v) is 11.7. The van der Waals surface area contributed by atoms with E-state index in [2.05, 4.69) is 37.9 Å². The predicted octanol–water partition coefficient (Wildman–Crippen LogP) is 2.89. The van der Waals surface area contributed by atoms with Crippen LogP contribution in [0.15, 0.2) is 0 Å². The van der Waals surface area contributed by atoms with Crippen molar-refractivity contribution < 1.29 is 0 Å². The quantitative estimate of drug-likeness (QED) is 0.749. The molecule has 1 aliphatic rings. The Hall–Kier alpha value is -0.0800. The molecule has 0 aliphatic carbocycles. The molecule has 2 heteroatoms. The Balaban J connectivity index is 2.25. The zero-order chi connectivity index (χ0) is 12.0. The molecule has 2 nitrogen and oxygen atoms in total. The summed E-state index contributed by atoms with van der Waals surface area (Å²) in [5.41, 5.74) is 0.578. The normalized spacial score (nSPS) is 23.2. The molecule has 0 saturated carbocycles. The van der Waals surface area contributed by atoms with Crippen molar-refractivity contribution in [3.8, 4) is 0 Å². The van der Waals surface area contributed by atoms with Crippen LogP contribution in [-0.4, -0.2) is 37.1 Å². The zero-order valence-electron chi connectivity index (χ0n) is 11.7. The number of hydrogen-bond donors (Lipinski definition) is 1. The van der Waals surface area contributed by atoms with Gasteiger partial charge in [0.05, 0.1) is 0 Å². The average Bonchev–Trinajstić information content (AvgIpc) is 2.26. The summed E-state index contributed by atoms with van der Waals surface area (Å²) in [5.74, 6) is 0. The lowest BCUT2D eigenvalue weighted by Crippen LogP contribution is -2.45. The highest BCUT2D eigenvalue weighted by atomic mass is 15.2. The Kier molecular flexibility index (Phi) is 5.77. The molecule has 1 rings (SSSR count). The molecule has 0 radical (unpaired) electrons. The van der Waals surface area contributed by atoms with Crippen molar-refractivity contribution in [3.05, 3.63) is 0 Å². The number of likely N-dealkylation sites (tertiary alicyclic amines) is 1. The van der Waals surface area contributed by atoms with Crippen molar-refractivity contribution in [2.24, 2.45) is 5.41 Å². The lowest BCUT2D eigenvalue weighted by molar-refractivity contribution is 0.122. The van der Waals surface area contributed by atoms with Gasteiger partial charge < -0.3 is 10.2 Å². The fraction of sp³-hybridized carbons (Fsp3) is 1.00. The van der Waals surface area contributed by atoms with Gasteiger partial charge >= 0.3 is 0 Å². The average molecular weight is 226 g/mol. The first-order valence-electron chi connectivity index (χ1n) is 7.03. The van der Waals surface area contributed by atoms with E-state index < -0.39 is 0 Å². The molecule has 0 bridgehead atoms. The van der Waals surface area contributed by atoms with Crippen LogP contribution in [0.25, 0.3) is 0 Å². The van der Waals surface area contributed by atoms with E-state index in [1.54, 1.807) is 0 Å². The summed E-state index contributed by atoms with van der Waals surface area (Å²) >= 11 is 0. The molecule has 0 spiro atoms. The van der Waals surface area contributed by atoms with E-state index in [1.165, 1.54) is 45.3 Å². The van der Waals surface area contributed by atoms with Gasteiger partial charge in [-0.15, -0.1) is 0 Å². The van der Waals surface area contributed by atoms with Crippen LogP contribution in [-0.2, 0) is 0 Å². The molecule has 1 heterocycles. The lowest BCUT2D eigenvalue weighted by Gasteiger charge is -2.38. The van der Waals surface area contributed by atoms with E-state index in [4.69, 9.17) is 0 Å². The summed E-state index contributed by atoms with van der Waals surface area (Å²) < 4.78 is 0. The summed E-state index contributed by atoms with van der Waals surface area (Å²) in [7, 11) is 0. The smallest absolute Gasteiger partial charge is 0.0192 e. The van der Waals surface area contributed by atoms with Gasteiger partial charge in [-0.25, -0.2) is 0 Å². The topological polar surface area (TPSA) is 15.3 Å². The molecule has 96 valence electrons. The van der Waals surface area contributed by atoms with Crippen molar-refractivity contribution in [2.75, 3.05) is 26.2 Å². The Morgan fingerprint density at radius 2 is 1.81 bits per heavy atom. The van der Waals surface area contributed by atoms with Crippen LogP contribution in [0.4, 0.5) is 0 Å². The fourth-order valence-corrected chi connectivity index (χ4v) is 2.34. The highest BCUT2D eigenvalue weighted by Crippen LogP contribution is 2.29. The maximum Gasteiger partial charge on any atom is 0.0192 e. The molecule has 0 amide bonds. The first kappa shape index (κ1) is 14.0. The number of piperidine rings is 1. The van der Waals surface area contributed by atoms with Crippen LogP contribution >= 0.6 is 0 Å². The largest absolute Gasteiger partial charge is 0.313 e. The second-order valence-electron chi connectivity index (χ2n) is 6.02. The van der Waals surface area contributed by atoms with Crippen molar-refractivity contribution in [2.45, 2.75) is 59.4 Å². The minimum atomic E-state index is 0.578. The van der Waals surface area contributed by atoms with Gasteiger partial charge in [0.25, 0.3) is 0 Å². The maximum atomic E-state index is 3.65. The molecule has 0 aromatic carbocycles. The van der Waals surface area contributed by atoms with Gasteiger partial charge in [-0.3, -0.25) is 0 Å². The highest BCUT2D eigenvalue weighted by Gasteiger charge is 2.26. The van der Waals surface area contributed by atoms with Gasteiger partial charge in [-0.05, 0) is 50.7 Å². The third-order valence-corrected chi connectivity index (χ3v) is 3.86. The van der Waals surface area contributed by atoms with Crippen LogP contribution in [0.2, 0.25) is 0 Å². The molecular weight excluding hydrogens is 196 g/mol. The summed E-state index contributed by atoms with van der Waals surface area (Å²) in [6.07, 6.45) is 5.21. The van der Waals surface area contributed by atoms with Crippen LogP contribution < -0.4 is 5.32 Å². The fourth-order valence-electron chi connectivity index (χ4n) is 2.34. The van der Waals surface area contributed by atoms with Crippen LogP contribution in [0.1, 0.15) is 53.4 Å². The van der Waals surface area contributed by atoms with E-state index in [0.717, 1.165) is 6.54 Å². The second kappa shape index (κ2) is 6.61. The van der Waals surface area contributed by atoms with Crippen LogP contribution in [0.3, 0.4) is 0 Å². The Morgan fingerprint density at radius 1 is 1.19 bits per heavy atom. The monoisotopic (exact) mass is 226 g/mol. The predicted molar refractivity (Wildman–Crippen MR) is 71.8 cm³/mol. The molecule has 0 aromatic heterocycles.